The lowest BCUT2D eigenvalue weighted by Gasteiger charge is -2.31. The number of amides is 1. The van der Waals surface area contributed by atoms with Crippen molar-refractivity contribution in [2.45, 2.75) is 63.2 Å². The Bertz CT molecular complexity index is 568. The van der Waals surface area contributed by atoms with E-state index >= 15 is 0 Å². The van der Waals surface area contributed by atoms with E-state index in [1.54, 1.807) is 0 Å². The van der Waals surface area contributed by atoms with E-state index in [1.165, 1.54) is 5.56 Å². The Kier molecular flexibility index (Phi) is 5.51. The van der Waals surface area contributed by atoms with Gasteiger partial charge in [-0.25, -0.2) is 4.79 Å². The van der Waals surface area contributed by atoms with Gasteiger partial charge < -0.3 is 14.7 Å². The first-order valence-corrected chi connectivity index (χ1v) is 8.88. The molecule has 0 unspecified atom stereocenters. The Morgan fingerprint density at radius 2 is 1.71 bits per heavy atom. The molecule has 24 heavy (non-hydrogen) atoms. The van der Waals surface area contributed by atoms with Gasteiger partial charge in [0.15, 0.2) is 6.10 Å². The molecule has 3 rings (SSSR count). The minimum atomic E-state index is -0.970. The fourth-order valence-electron chi connectivity index (χ4n) is 3.77. The normalized spacial score (nSPS) is 24.2. The molecule has 1 aliphatic carbocycles. The van der Waals surface area contributed by atoms with Crippen LogP contribution in [0.2, 0.25) is 0 Å². The summed E-state index contributed by atoms with van der Waals surface area (Å²) in [5, 5.41) is 9.07. The highest BCUT2D eigenvalue weighted by Crippen LogP contribution is 2.28. The van der Waals surface area contributed by atoms with Gasteiger partial charge in [0.05, 0.1) is 0 Å². The van der Waals surface area contributed by atoms with Crippen molar-refractivity contribution >= 4 is 11.9 Å². The third-order valence-corrected chi connectivity index (χ3v) is 5.10. The Morgan fingerprint density at radius 1 is 1.04 bits per heavy atom. The smallest absolute Gasteiger partial charge is 0.332 e. The first kappa shape index (κ1) is 17.0. The lowest BCUT2D eigenvalue weighted by molar-refractivity contribution is -0.155. The fraction of sp³-hybridized carbons (Fsp3) is 0.579. The van der Waals surface area contributed by atoms with Crippen LogP contribution in [-0.4, -0.2) is 46.7 Å². The SMILES string of the molecule is O=C(O)[C@H]1CC[C@@H](C(=O)N(CCc2ccccc2)C2CCCC2)O1. The Balaban J connectivity index is 1.65. The van der Waals surface area contributed by atoms with Gasteiger partial charge in [0.1, 0.15) is 6.10 Å². The van der Waals surface area contributed by atoms with Crippen molar-refractivity contribution in [3.05, 3.63) is 35.9 Å². The Hall–Kier alpha value is -1.88. The number of aliphatic carboxylic acids is 1. The zero-order valence-corrected chi connectivity index (χ0v) is 13.9. The van der Waals surface area contributed by atoms with Crippen molar-refractivity contribution in [3.8, 4) is 0 Å². The molecule has 0 spiro atoms. The third-order valence-electron chi connectivity index (χ3n) is 5.10. The first-order valence-electron chi connectivity index (χ1n) is 8.88. The van der Waals surface area contributed by atoms with Crippen LogP contribution in [0.15, 0.2) is 30.3 Å². The average Bonchev–Trinajstić information content (AvgIpc) is 3.28. The topological polar surface area (TPSA) is 66.8 Å². The van der Waals surface area contributed by atoms with Crippen LogP contribution in [0.4, 0.5) is 0 Å². The van der Waals surface area contributed by atoms with Gasteiger partial charge in [-0.15, -0.1) is 0 Å². The van der Waals surface area contributed by atoms with Gasteiger partial charge in [0.25, 0.3) is 5.91 Å². The highest BCUT2D eigenvalue weighted by molar-refractivity contribution is 5.83. The van der Waals surface area contributed by atoms with Crippen molar-refractivity contribution in [3.63, 3.8) is 0 Å². The summed E-state index contributed by atoms with van der Waals surface area (Å²) in [5.74, 6) is -0.997. The zero-order chi connectivity index (χ0) is 16.9. The molecule has 1 saturated heterocycles. The van der Waals surface area contributed by atoms with Gasteiger partial charge in [-0.05, 0) is 37.7 Å². The summed E-state index contributed by atoms with van der Waals surface area (Å²) in [4.78, 5) is 25.9. The molecule has 2 aliphatic rings. The molecule has 1 aromatic rings. The molecule has 0 aromatic heterocycles. The van der Waals surface area contributed by atoms with E-state index < -0.39 is 18.2 Å². The second kappa shape index (κ2) is 7.79. The summed E-state index contributed by atoms with van der Waals surface area (Å²) in [7, 11) is 0. The highest BCUT2D eigenvalue weighted by atomic mass is 16.5. The van der Waals surface area contributed by atoms with Crippen molar-refractivity contribution in [1.82, 2.24) is 4.90 Å². The number of ether oxygens (including phenoxy) is 1. The van der Waals surface area contributed by atoms with E-state index in [-0.39, 0.29) is 11.9 Å². The predicted molar refractivity (Wildman–Crippen MR) is 89.6 cm³/mol. The average molecular weight is 331 g/mol. The summed E-state index contributed by atoms with van der Waals surface area (Å²) in [5.41, 5.74) is 1.21. The number of benzene rings is 1. The van der Waals surface area contributed by atoms with Crippen molar-refractivity contribution in [1.29, 1.82) is 0 Å². The summed E-state index contributed by atoms with van der Waals surface area (Å²) >= 11 is 0. The van der Waals surface area contributed by atoms with Crippen LogP contribution in [0.3, 0.4) is 0 Å². The van der Waals surface area contributed by atoms with Crippen molar-refractivity contribution in [2.24, 2.45) is 0 Å². The Morgan fingerprint density at radius 3 is 2.33 bits per heavy atom. The fourth-order valence-corrected chi connectivity index (χ4v) is 3.77. The van der Waals surface area contributed by atoms with E-state index in [2.05, 4.69) is 12.1 Å². The van der Waals surface area contributed by atoms with E-state index in [1.807, 2.05) is 23.1 Å². The highest BCUT2D eigenvalue weighted by Gasteiger charge is 2.38. The summed E-state index contributed by atoms with van der Waals surface area (Å²) < 4.78 is 5.49. The lowest BCUT2D eigenvalue weighted by Crippen LogP contribution is -2.46. The van der Waals surface area contributed by atoms with Crippen LogP contribution in [-0.2, 0) is 20.7 Å². The second-order valence-corrected chi connectivity index (χ2v) is 6.73. The first-order chi connectivity index (χ1) is 11.6. The van der Waals surface area contributed by atoms with E-state index in [9.17, 15) is 9.59 Å². The molecule has 1 heterocycles. The molecule has 2 fully saturated rings. The molecule has 1 aromatic carbocycles. The van der Waals surface area contributed by atoms with Crippen LogP contribution in [0.1, 0.15) is 44.1 Å². The number of hydrogen-bond acceptors (Lipinski definition) is 3. The quantitative estimate of drug-likeness (QED) is 0.870. The van der Waals surface area contributed by atoms with Gasteiger partial charge >= 0.3 is 5.97 Å². The van der Waals surface area contributed by atoms with Crippen molar-refractivity contribution < 1.29 is 19.4 Å². The Labute approximate surface area is 142 Å². The predicted octanol–water partition coefficient (Wildman–Crippen LogP) is 2.63. The standard InChI is InChI=1S/C19H25NO4/c21-18(16-10-11-17(24-16)19(22)23)20(15-8-4-5-9-15)13-12-14-6-2-1-3-7-14/h1-3,6-7,15-17H,4-5,8-13H2,(H,22,23)/t16-,17+/m0/s1. The van der Waals surface area contributed by atoms with Crippen LogP contribution in [0, 0.1) is 0 Å². The molecule has 0 bridgehead atoms. The summed E-state index contributed by atoms with van der Waals surface area (Å²) in [6, 6.07) is 10.4. The number of hydrogen-bond donors (Lipinski definition) is 1. The molecule has 5 heteroatoms. The third kappa shape index (κ3) is 3.96. The molecule has 1 amide bonds. The minimum Gasteiger partial charge on any atom is -0.479 e. The number of carboxylic acid groups (broad SMARTS) is 1. The molecule has 5 nitrogen and oxygen atoms in total. The number of carboxylic acids is 1. The van der Waals surface area contributed by atoms with Gasteiger partial charge in [-0.2, -0.15) is 0 Å². The maximum Gasteiger partial charge on any atom is 0.332 e. The van der Waals surface area contributed by atoms with Crippen LogP contribution >= 0.6 is 0 Å². The number of nitrogens with zero attached hydrogens (tertiary/aromatic N) is 1. The summed E-state index contributed by atoms with van der Waals surface area (Å²) in [6.45, 7) is 0.672. The zero-order valence-electron chi connectivity index (χ0n) is 13.9. The van der Waals surface area contributed by atoms with Gasteiger partial charge in [-0.3, -0.25) is 4.79 Å². The molecule has 1 N–H and O–H groups in total. The van der Waals surface area contributed by atoms with E-state index in [0.717, 1.165) is 32.1 Å². The van der Waals surface area contributed by atoms with E-state index in [0.29, 0.717) is 19.4 Å². The molecule has 130 valence electrons. The maximum atomic E-state index is 12.9. The van der Waals surface area contributed by atoms with Crippen LogP contribution in [0.5, 0.6) is 0 Å². The second-order valence-electron chi connectivity index (χ2n) is 6.73. The van der Waals surface area contributed by atoms with Crippen LogP contribution in [0.25, 0.3) is 0 Å². The number of carbonyl (C=O) groups excluding carboxylic acids is 1. The lowest BCUT2D eigenvalue weighted by atomic mass is 10.1. The monoisotopic (exact) mass is 331 g/mol. The molecule has 1 saturated carbocycles. The van der Waals surface area contributed by atoms with Gasteiger partial charge in [-0.1, -0.05) is 43.2 Å². The summed E-state index contributed by atoms with van der Waals surface area (Å²) in [6.07, 6.45) is 4.70. The maximum absolute atomic E-state index is 12.9. The molecular formula is C19H25NO4. The largest absolute Gasteiger partial charge is 0.479 e. The van der Waals surface area contributed by atoms with Gasteiger partial charge in [0.2, 0.25) is 0 Å². The number of rotatable bonds is 6. The van der Waals surface area contributed by atoms with Gasteiger partial charge in [0, 0.05) is 12.6 Å². The van der Waals surface area contributed by atoms with Crippen molar-refractivity contribution in [2.75, 3.05) is 6.54 Å². The van der Waals surface area contributed by atoms with E-state index in [4.69, 9.17) is 9.84 Å². The molecule has 2 atom stereocenters. The van der Waals surface area contributed by atoms with Crippen LogP contribution < -0.4 is 0 Å². The molecule has 1 aliphatic heterocycles. The number of carbonyl (C=O) groups is 2. The molecule has 0 radical (unpaired) electrons. The molecular weight excluding hydrogens is 306 g/mol. The minimum absolute atomic E-state index is 0.0263.